The van der Waals surface area contributed by atoms with Gasteiger partial charge in [0.05, 0.1) is 18.7 Å². The van der Waals surface area contributed by atoms with Gasteiger partial charge < -0.3 is 10.4 Å². The minimum absolute atomic E-state index is 0.191. The standard InChI is InChI=1S/C14H27N3O/c1-3-6-16-13-8-12(9-14(18)4-2)10-17(11-13)7-5-15/h12-14,16,18H,3-4,6-11H2,1-2H3. The van der Waals surface area contributed by atoms with E-state index in [-0.39, 0.29) is 6.10 Å². The fourth-order valence-corrected chi connectivity index (χ4v) is 2.75. The van der Waals surface area contributed by atoms with E-state index in [2.05, 4.69) is 23.2 Å². The summed E-state index contributed by atoms with van der Waals surface area (Å²) in [6.45, 7) is 7.65. The smallest absolute Gasteiger partial charge is 0.0866 e. The molecule has 3 atom stereocenters. The van der Waals surface area contributed by atoms with Crippen LogP contribution in [0.15, 0.2) is 0 Å². The van der Waals surface area contributed by atoms with Crippen molar-refractivity contribution >= 4 is 0 Å². The van der Waals surface area contributed by atoms with Crippen LogP contribution >= 0.6 is 0 Å². The molecule has 2 N–H and O–H groups in total. The Hall–Kier alpha value is -0.630. The van der Waals surface area contributed by atoms with Crippen LogP contribution in [0.3, 0.4) is 0 Å². The number of rotatable bonds is 7. The third-order valence-electron chi connectivity index (χ3n) is 3.67. The highest BCUT2D eigenvalue weighted by atomic mass is 16.3. The third-order valence-corrected chi connectivity index (χ3v) is 3.67. The first-order valence-electron chi connectivity index (χ1n) is 7.20. The molecule has 104 valence electrons. The summed E-state index contributed by atoms with van der Waals surface area (Å²) in [5, 5.41) is 22.2. The average molecular weight is 253 g/mol. The molecule has 0 amide bonds. The molecule has 3 unspecified atom stereocenters. The Morgan fingerprint density at radius 2 is 2.22 bits per heavy atom. The Kier molecular flexibility index (Phi) is 7.26. The number of nitrogens with one attached hydrogen (secondary N) is 1. The maximum atomic E-state index is 9.78. The highest BCUT2D eigenvalue weighted by Gasteiger charge is 2.27. The van der Waals surface area contributed by atoms with Crippen molar-refractivity contribution in [3.63, 3.8) is 0 Å². The van der Waals surface area contributed by atoms with Crippen molar-refractivity contribution in [2.75, 3.05) is 26.2 Å². The summed E-state index contributed by atoms with van der Waals surface area (Å²) in [6.07, 6.45) is 3.75. The van der Waals surface area contributed by atoms with Crippen LogP contribution in [0.25, 0.3) is 0 Å². The van der Waals surface area contributed by atoms with E-state index in [1.165, 1.54) is 0 Å². The van der Waals surface area contributed by atoms with E-state index in [1.807, 2.05) is 6.92 Å². The number of piperidine rings is 1. The summed E-state index contributed by atoms with van der Waals surface area (Å²) in [6, 6.07) is 2.71. The Morgan fingerprint density at radius 3 is 2.83 bits per heavy atom. The molecule has 4 heteroatoms. The van der Waals surface area contributed by atoms with Gasteiger partial charge in [0.1, 0.15) is 0 Å². The molecule has 1 fully saturated rings. The predicted molar refractivity (Wildman–Crippen MR) is 73.2 cm³/mol. The molecule has 0 bridgehead atoms. The number of hydrogen-bond acceptors (Lipinski definition) is 4. The highest BCUT2D eigenvalue weighted by molar-refractivity contribution is 4.88. The summed E-state index contributed by atoms with van der Waals surface area (Å²) in [4.78, 5) is 2.21. The van der Waals surface area contributed by atoms with Crippen molar-refractivity contribution in [2.24, 2.45) is 5.92 Å². The normalized spacial score (nSPS) is 26.8. The molecule has 4 nitrogen and oxygen atoms in total. The van der Waals surface area contributed by atoms with Crippen molar-refractivity contribution < 1.29 is 5.11 Å². The van der Waals surface area contributed by atoms with Crippen LogP contribution in [0.4, 0.5) is 0 Å². The third kappa shape index (κ3) is 5.34. The largest absolute Gasteiger partial charge is 0.393 e. The van der Waals surface area contributed by atoms with E-state index >= 15 is 0 Å². The average Bonchev–Trinajstić information content (AvgIpc) is 2.36. The molecule has 0 aromatic heterocycles. The molecule has 0 spiro atoms. The van der Waals surface area contributed by atoms with E-state index in [1.54, 1.807) is 0 Å². The van der Waals surface area contributed by atoms with Gasteiger partial charge in [-0.3, -0.25) is 4.90 Å². The zero-order valence-corrected chi connectivity index (χ0v) is 11.7. The van der Waals surface area contributed by atoms with Gasteiger partial charge in [0.2, 0.25) is 0 Å². The molecule has 1 rings (SSSR count). The topological polar surface area (TPSA) is 59.3 Å². The molecular formula is C14H27N3O. The summed E-state index contributed by atoms with van der Waals surface area (Å²) in [7, 11) is 0. The number of aliphatic hydroxyl groups excluding tert-OH is 1. The summed E-state index contributed by atoms with van der Waals surface area (Å²) >= 11 is 0. The van der Waals surface area contributed by atoms with Gasteiger partial charge in [-0.05, 0) is 38.1 Å². The van der Waals surface area contributed by atoms with Crippen molar-refractivity contribution in [3.8, 4) is 6.07 Å². The number of nitrogens with zero attached hydrogens (tertiary/aromatic N) is 2. The molecule has 0 aliphatic carbocycles. The van der Waals surface area contributed by atoms with Crippen LogP contribution in [0.5, 0.6) is 0 Å². The minimum Gasteiger partial charge on any atom is -0.393 e. The quantitative estimate of drug-likeness (QED) is 0.673. The molecule has 0 radical (unpaired) electrons. The molecule has 0 aromatic rings. The van der Waals surface area contributed by atoms with E-state index < -0.39 is 0 Å². The molecular weight excluding hydrogens is 226 g/mol. The Morgan fingerprint density at radius 1 is 1.44 bits per heavy atom. The second-order valence-electron chi connectivity index (χ2n) is 5.40. The molecule has 1 aliphatic rings. The van der Waals surface area contributed by atoms with Crippen LogP contribution in [-0.2, 0) is 0 Å². The first-order valence-corrected chi connectivity index (χ1v) is 7.20. The SMILES string of the molecule is CCCNC1CC(CC(O)CC)CN(CC#N)C1. The van der Waals surface area contributed by atoms with E-state index in [0.717, 1.165) is 45.3 Å². The van der Waals surface area contributed by atoms with E-state index in [9.17, 15) is 5.11 Å². The maximum Gasteiger partial charge on any atom is 0.0866 e. The Labute approximate surface area is 111 Å². The number of likely N-dealkylation sites (tertiary alicyclic amines) is 1. The second kappa shape index (κ2) is 8.47. The van der Waals surface area contributed by atoms with E-state index in [4.69, 9.17) is 5.26 Å². The van der Waals surface area contributed by atoms with Crippen molar-refractivity contribution in [3.05, 3.63) is 0 Å². The fourth-order valence-electron chi connectivity index (χ4n) is 2.75. The lowest BCUT2D eigenvalue weighted by Crippen LogP contribution is -2.50. The number of hydrogen-bond donors (Lipinski definition) is 2. The second-order valence-corrected chi connectivity index (χ2v) is 5.40. The summed E-state index contributed by atoms with van der Waals surface area (Å²) < 4.78 is 0. The summed E-state index contributed by atoms with van der Waals surface area (Å²) in [5.74, 6) is 0.511. The minimum atomic E-state index is -0.191. The summed E-state index contributed by atoms with van der Waals surface area (Å²) in [5.41, 5.74) is 0. The monoisotopic (exact) mass is 253 g/mol. The lowest BCUT2D eigenvalue weighted by molar-refractivity contribution is 0.0897. The molecule has 0 aromatic carbocycles. The Bertz CT molecular complexity index is 264. The number of aliphatic hydroxyl groups is 1. The molecule has 18 heavy (non-hydrogen) atoms. The van der Waals surface area contributed by atoms with Gasteiger partial charge in [-0.1, -0.05) is 13.8 Å². The number of nitriles is 1. The van der Waals surface area contributed by atoms with Gasteiger partial charge in [-0.2, -0.15) is 5.26 Å². The highest BCUT2D eigenvalue weighted by Crippen LogP contribution is 2.22. The zero-order chi connectivity index (χ0) is 13.4. The van der Waals surface area contributed by atoms with Gasteiger partial charge >= 0.3 is 0 Å². The van der Waals surface area contributed by atoms with Crippen LogP contribution in [0.2, 0.25) is 0 Å². The zero-order valence-electron chi connectivity index (χ0n) is 11.7. The Balaban J connectivity index is 2.48. The van der Waals surface area contributed by atoms with Crippen LogP contribution < -0.4 is 5.32 Å². The molecule has 1 heterocycles. The molecule has 1 aliphatic heterocycles. The van der Waals surface area contributed by atoms with Gasteiger partial charge in [-0.25, -0.2) is 0 Å². The van der Waals surface area contributed by atoms with Gasteiger partial charge in [0.25, 0.3) is 0 Å². The predicted octanol–water partition coefficient (Wildman–Crippen LogP) is 1.36. The van der Waals surface area contributed by atoms with Crippen molar-refractivity contribution in [2.45, 2.75) is 51.7 Å². The van der Waals surface area contributed by atoms with Gasteiger partial charge in [0, 0.05) is 19.1 Å². The van der Waals surface area contributed by atoms with Crippen molar-refractivity contribution in [1.82, 2.24) is 10.2 Å². The maximum absolute atomic E-state index is 9.78. The van der Waals surface area contributed by atoms with Crippen molar-refractivity contribution in [1.29, 1.82) is 5.26 Å². The van der Waals surface area contributed by atoms with Crippen LogP contribution in [0.1, 0.15) is 39.5 Å². The lowest BCUT2D eigenvalue weighted by Gasteiger charge is -2.37. The van der Waals surface area contributed by atoms with Gasteiger partial charge in [-0.15, -0.1) is 0 Å². The lowest BCUT2D eigenvalue weighted by atomic mass is 9.89. The van der Waals surface area contributed by atoms with Crippen LogP contribution in [-0.4, -0.2) is 48.3 Å². The molecule has 1 saturated heterocycles. The van der Waals surface area contributed by atoms with Crippen LogP contribution in [0, 0.1) is 17.2 Å². The van der Waals surface area contributed by atoms with Gasteiger partial charge in [0.15, 0.2) is 0 Å². The van der Waals surface area contributed by atoms with E-state index in [0.29, 0.717) is 18.5 Å². The molecule has 0 saturated carbocycles. The first kappa shape index (κ1) is 15.4. The first-order chi connectivity index (χ1) is 8.69. The fraction of sp³-hybridized carbons (Fsp3) is 0.929.